The Kier molecular flexibility index (Phi) is 6.55. The summed E-state index contributed by atoms with van der Waals surface area (Å²) in [6.07, 6.45) is 0.566. The van der Waals surface area contributed by atoms with E-state index in [9.17, 15) is 14.3 Å². The molecule has 0 aliphatic carbocycles. The fourth-order valence-corrected chi connectivity index (χ4v) is 3.35. The van der Waals surface area contributed by atoms with Crippen LogP contribution in [0.4, 0.5) is 10.1 Å². The quantitative estimate of drug-likeness (QED) is 0.731. The Hall–Kier alpha value is -2.28. The van der Waals surface area contributed by atoms with Gasteiger partial charge in [0.1, 0.15) is 5.82 Å². The van der Waals surface area contributed by atoms with Gasteiger partial charge in [-0.15, -0.1) is 0 Å². The van der Waals surface area contributed by atoms with E-state index in [1.165, 1.54) is 0 Å². The average molecular weight is 372 g/mol. The summed E-state index contributed by atoms with van der Waals surface area (Å²) in [6, 6.07) is 10.4. The Morgan fingerprint density at radius 2 is 2.04 bits per heavy atom. The predicted octanol–water partition coefficient (Wildman–Crippen LogP) is 3.14. The van der Waals surface area contributed by atoms with Crippen LogP contribution in [0.3, 0.4) is 0 Å². The normalized spacial score (nSPS) is 16.1. The second-order valence-electron chi connectivity index (χ2n) is 6.78. The van der Waals surface area contributed by atoms with Gasteiger partial charge in [-0.3, -0.25) is 9.69 Å². The highest BCUT2D eigenvalue weighted by Gasteiger charge is 2.19. The third-order valence-electron chi connectivity index (χ3n) is 4.85. The molecule has 6 heteroatoms. The Bertz CT molecular complexity index is 791. The molecule has 1 aliphatic heterocycles. The number of aliphatic hydroxyl groups excluding tert-OH is 1. The standard InChI is InChI=1S/C21H25FN2O3/c1-15(23-20-5-3-2-4-17(20)13-25)19-11-16(10-18(14-26)21(19)22)12-24-6-8-27-9-7-24/h2-5,10-11,14-15,23,25H,6-9,12-13H2,1H3. The summed E-state index contributed by atoms with van der Waals surface area (Å²) in [5, 5.41) is 12.7. The summed E-state index contributed by atoms with van der Waals surface area (Å²) in [4.78, 5) is 13.6. The van der Waals surface area contributed by atoms with E-state index in [1.54, 1.807) is 6.07 Å². The first-order chi connectivity index (χ1) is 13.1. The molecule has 0 amide bonds. The number of nitrogens with one attached hydrogen (secondary N) is 1. The molecule has 1 unspecified atom stereocenters. The molecule has 144 valence electrons. The summed E-state index contributed by atoms with van der Waals surface area (Å²) in [5.74, 6) is -0.503. The van der Waals surface area contributed by atoms with Crippen LogP contribution in [-0.2, 0) is 17.9 Å². The van der Waals surface area contributed by atoms with Crippen LogP contribution in [0.2, 0.25) is 0 Å². The van der Waals surface area contributed by atoms with Gasteiger partial charge >= 0.3 is 0 Å². The van der Waals surface area contributed by atoms with Crippen LogP contribution in [0.25, 0.3) is 0 Å². The van der Waals surface area contributed by atoms with Crippen LogP contribution in [0.15, 0.2) is 36.4 Å². The van der Waals surface area contributed by atoms with Crippen molar-refractivity contribution in [3.63, 3.8) is 0 Å². The van der Waals surface area contributed by atoms with E-state index in [-0.39, 0.29) is 18.2 Å². The number of nitrogens with zero attached hydrogens (tertiary/aromatic N) is 1. The van der Waals surface area contributed by atoms with E-state index < -0.39 is 5.82 Å². The number of rotatable bonds is 7. The van der Waals surface area contributed by atoms with Gasteiger partial charge in [0.05, 0.1) is 31.4 Å². The molecule has 0 radical (unpaired) electrons. The third-order valence-corrected chi connectivity index (χ3v) is 4.85. The second-order valence-corrected chi connectivity index (χ2v) is 6.78. The van der Waals surface area contributed by atoms with Crippen molar-refractivity contribution >= 4 is 12.0 Å². The number of hydrogen-bond acceptors (Lipinski definition) is 5. The van der Waals surface area contributed by atoms with Gasteiger partial charge in [-0.2, -0.15) is 0 Å². The second kappa shape index (κ2) is 9.08. The number of aldehydes is 1. The van der Waals surface area contributed by atoms with Crippen LogP contribution in [0, 0.1) is 5.82 Å². The molecule has 0 bridgehead atoms. The number of carbonyl (C=O) groups excluding carboxylic acids is 1. The van der Waals surface area contributed by atoms with Crippen LogP contribution in [0.5, 0.6) is 0 Å². The Morgan fingerprint density at radius 3 is 2.74 bits per heavy atom. The maximum Gasteiger partial charge on any atom is 0.153 e. The first-order valence-corrected chi connectivity index (χ1v) is 9.15. The maximum atomic E-state index is 14.8. The van der Waals surface area contributed by atoms with Crippen molar-refractivity contribution in [3.05, 3.63) is 64.5 Å². The smallest absolute Gasteiger partial charge is 0.153 e. The summed E-state index contributed by atoms with van der Waals surface area (Å²) in [6.45, 7) is 5.41. The molecule has 1 fully saturated rings. The van der Waals surface area contributed by atoms with Crippen LogP contribution >= 0.6 is 0 Å². The molecular formula is C21H25FN2O3. The molecule has 2 N–H and O–H groups in total. The molecule has 1 saturated heterocycles. The highest BCUT2D eigenvalue weighted by atomic mass is 19.1. The number of hydrogen-bond donors (Lipinski definition) is 2. The molecule has 3 rings (SSSR count). The topological polar surface area (TPSA) is 61.8 Å². The minimum absolute atomic E-state index is 0.0693. The molecule has 1 atom stereocenters. The van der Waals surface area contributed by atoms with Crippen molar-refractivity contribution in [3.8, 4) is 0 Å². The first-order valence-electron chi connectivity index (χ1n) is 9.15. The van der Waals surface area contributed by atoms with Gasteiger partial charge < -0.3 is 15.2 Å². The molecule has 0 aromatic heterocycles. The molecule has 0 saturated carbocycles. The monoisotopic (exact) mass is 372 g/mol. The molecule has 0 spiro atoms. The third kappa shape index (κ3) is 4.71. The van der Waals surface area contributed by atoms with Gasteiger partial charge in [-0.1, -0.05) is 18.2 Å². The molecule has 2 aromatic rings. The Balaban J connectivity index is 1.86. The van der Waals surface area contributed by atoms with Gasteiger partial charge in [-0.05, 0) is 30.7 Å². The zero-order valence-corrected chi connectivity index (χ0v) is 15.5. The van der Waals surface area contributed by atoms with Crippen molar-refractivity contribution in [2.75, 3.05) is 31.6 Å². The lowest BCUT2D eigenvalue weighted by Crippen LogP contribution is -2.35. The Labute approximate surface area is 158 Å². The highest BCUT2D eigenvalue weighted by molar-refractivity contribution is 5.76. The van der Waals surface area contributed by atoms with Gasteiger partial charge in [0.15, 0.2) is 6.29 Å². The van der Waals surface area contributed by atoms with Crippen molar-refractivity contribution in [2.24, 2.45) is 0 Å². The number of para-hydroxylation sites is 1. The van der Waals surface area contributed by atoms with Crippen LogP contribution < -0.4 is 5.32 Å². The summed E-state index contributed by atoms with van der Waals surface area (Å²) in [7, 11) is 0. The predicted molar refractivity (Wildman–Crippen MR) is 102 cm³/mol. The minimum atomic E-state index is -0.503. The summed E-state index contributed by atoms with van der Waals surface area (Å²) >= 11 is 0. The zero-order chi connectivity index (χ0) is 19.2. The lowest BCUT2D eigenvalue weighted by atomic mass is 9.99. The fourth-order valence-electron chi connectivity index (χ4n) is 3.35. The minimum Gasteiger partial charge on any atom is -0.392 e. The number of benzene rings is 2. The number of aliphatic hydroxyl groups is 1. The maximum absolute atomic E-state index is 14.8. The lowest BCUT2D eigenvalue weighted by molar-refractivity contribution is 0.0341. The van der Waals surface area contributed by atoms with Crippen molar-refractivity contribution in [1.82, 2.24) is 4.90 Å². The van der Waals surface area contributed by atoms with Gasteiger partial charge in [-0.25, -0.2) is 4.39 Å². The number of halogens is 1. The van der Waals surface area contributed by atoms with E-state index in [1.807, 2.05) is 37.3 Å². The van der Waals surface area contributed by atoms with E-state index in [0.29, 0.717) is 31.6 Å². The van der Waals surface area contributed by atoms with Crippen LogP contribution in [0.1, 0.15) is 40.0 Å². The van der Waals surface area contributed by atoms with E-state index in [4.69, 9.17) is 4.74 Å². The lowest BCUT2D eigenvalue weighted by Gasteiger charge is -2.27. The highest BCUT2D eigenvalue weighted by Crippen LogP contribution is 2.27. The molecule has 1 aliphatic rings. The van der Waals surface area contributed by atoms with Gasteiger partial charge in [0.25, 0.3) is 0 Å². The number of carbonyl (C=O) groups is 1. The molecule has 2 aromatic carbocycles. The summed E-state index contributed by atoms with van der Waals surface area (Å²) in [5.41, 5.74) is 2.90. The van der Waals surface area contributed by atoms with Crippen LogP contribution in [-0.4, -0.2) is 42.6 Å². The van der Waals surface area contributed by atoms with Gasteiger partial charge in [0, 0.05) is 36.4 Å². The van der Waals surface area contributed by atoms with Crippen molar-refractivity contribution in [2.45, 2.75) is 26.1 Å². The largest absolute Gasteiger partial charge is 0.392 e. The summed E-state index contributed by atoms with van der Waals surface area (Å²) < 4.78 is 20.2. The number of ether oxygens (including phenoxy) is 1. The molecule has 5 nitrogen and oxygen atoms in total. The number of morpholine rings is 1. The average Bonchev–Trinajstić information content (AvgIpc) is 2.70. The van der Waals surface area contributed by atoms with E-state index >= 15 is 0 Å². The molecular weight excluding hydrogens is 347 g/mol. The van der Waals surface area contributed by atoms with Gasteiger partial charge in [0.2, 0.25) is 0 Å². The van der Waals surface area contributed by atoms with E-state index in [2.05, 4.69) is 10.2 Å². The number of anilines is 1. The molecule has 1 heterocycles. The Morgan fingerprint density at radius 1 is 1.30 bits per heavy atom. The molecule has 27 heavy (non-hydrogen) atoms. The SMILES string of the molecule is CC(Nc1ccccc1CO)c1cc(CN2CCOCC2)cc(C=O)c1F. The van der Waals surface area contributed by atoms with E-state index in [0.717, 1.165) is 29.9 Å². The van der Waals surface area contributed by atoms with Crippen molar-refractivity contribution in [1.29, 1.82) is 0 Å². The first kappa shape index (κ1) is 19.5. The fraction of sp³-hybridized carbons (Fsp3) is 0.381. The zero-order valence-electron chi connectivity index (χ0n) is 15.5. The van der Waals surface area contributed by atoms with Crippen molar-refractivity contribution < 1.29 is 19.0 Å².